The average Bonchev–Trinajstić information content (AvgIpc) is 2.72. The van der Waals surface area contributed by atoms with Crippen LogP contribution in [-0.4, -0.2) is 22.0 Å². The van der Waals surface area contributed by atoms with Crippen LogP contribution < -0.4 is 5.32 Å². The van der Waals surface area contributed by atoms with Gasteiger partial charge in [0.2, 0.25) is 0 Å². The van der Waals surface area contributed by atoms with Gasteiger partial charge in [0.1, 0.15) is 5.82 Å². The van der Waals surface area contributed by atoms with Crippen LogP contribution >= 0.6 is 0 Å². The van der Waals surface area contributed by atoms with Crippen molar-refractivity contribution in [1.82, 2.24) is 15.0 Å². The van der Waals surface area contributed by atoms with E-state index in [-0.39, 0.29) is 0 Å². The minimum atomic E-state index is 0.780. The zero-order valence-corrected chi connectivity index (χ0v) is 12.1. The summed E-state index contributed by atoms with van der Waals surface area (Å²) in [4.78, 5) is 13.8. The monoisotopic (exact) mass is 268 g/mol. The summed E-state index contributed by atoms with van der Waals surface area (Å²) in [6, 6.07) is 4.05. The Kier molecular flexibility index (Phi) is 3.63. The number of aromatic nitrogens is 3. The second-order valence-electron chi connectivity index (χ2n) is 5.32. The molecule has 104 valence electrons. The molecule has 0 unspecified atom stereocenters. The zero-order chi connectivity index (χ0) is 13.9. The van der Waals surface area contributed by atoms with Crippen molar-refractivity contribution in [3.8, 4) is 11.4 Å². The first-order valence-corrected chi connectivity index (χ1v) is 7.28. The smallest absolute Gasteiger partial charge is 0.163 e. The highest BCUT2D eigenvalue weighted by atomic mass is 15.0. The van der Waals surface area contributed by atoms with Gasteiger partial charge in [0.15, 0.2) is 5.82 Å². The van der Waals surface area contributed by atoms with Gasteiger partial charge in [-0.15, -0.1) is 0 Å². The Morgan fingerprint density at radius 2 is 1.90 bits per heavy atom. The molecule has 0 saturated heterocycles. The van der Waals surface area contributed by atoms with Crippen molar-refractivity contribution in [3.63, 3.8) is 0 Å². The molecule has 0 fully saturated rings. The van der Waals surface area contributed by atoms with Gasteiger partial charge in [-0.2, -0.15) is 0 Å². The fourth-order valence-corrected chi connectivity index (χ4v) is 2.71. The maximum atomic E-state index is 4.79. The van der Waals surface area contributed by atoms with E-state index in [0.29, 0.717) is 0 Å². The lowest BCUT2D eigenvalue weighted by Gasteiger charge is -2.13. The van der Waals surface area contributed by atoms with Gasteiger partial charge in [-0.3, -0.25) is 4.98 Å². The Labute approximate surface area is 119 Å². The lowest BCUT2D eigenvalue weighted by atomic mass is 10.1. The topological polar surface area (TPSA) is 50.7 Å². The molecule has 0 atom stereocenters. The van der Waals surface area contributed by atoms with Crippen LogP contribution in [0.5, 0.6) is 0 Å². The van der Waals surface area contributed by atoms with Crippen LogP contribution in [0.2, 0.25) is 0 Å². The van der Waals surface area contributed by atoms with Crippen LogP contribution in [0.25, 0.3) is 11.4 Å². The highest BCUT2D eigenvalue weighted by Crippen LogP contribution is 2.27. The molecule has 4 heteroatoms. The van der Waals surface area contributed by atoms with Gasteiger partial charge in [-0.05, 0) is 44.7 Å². The molecule has 1 aliphatic rings. The highest BCUT2D eigenvalue weighted by Gasteiger charge is 2.16. The molecule has 4 nitrogen and oxygen atoms in total. The number of anilines is 1. The highest BCUT2D eigenvalue weighted by molar-refractivity contribution is 5.59. The molecule has 20 heavy (non-hydrogen) atoms. The van der Waals surface area contributed by atoms with Crippen LogP contribution in [-0.2, 0) is 12.8 Å². The van der Waals surface area contributed by atoms with Crippen LogP contribution in [0.3, 0.4) is 0 Å². The molecule has 0 aliphatic heterocycles. The summed E-state index contributed by atoms with van der Waals surface area (Å²) in [5, 5.41) is 3.23. The SMILES string of the molecule is CNc1nc(-c2ccc(C)nc2)nc2c1CCCCC2. The van der Waals surface area contributed by atoms with Crippen molar-refractivity contribution in [1.29, 1.82) is 0 Å². The van der Waals surface area contributed by atoms with E-state index >= 15 is 0 Å². The van der Waals surface area contributed by atoms with Crippen molar-refractivity contribution in [2.75, 3.05) is 12.4 Å². The molecule has 0 saturated carbocycles. The van der Waals surface area contributed by atoms with Gasteiger partial charge in [-0.1, -0.05) is 6.42 Å². The Hall–Kier alpha value is -1.97. The van der Waals surface area contributed by atoms with E-state index in [2.05, 4.69) is 15.3 Å². The summed E-state index contributed by atoms with van der Waals surface area (Å²) in [6.07, 6.45) is 7.72. The molecule has 0 amide bonds. The van der Waals surface area contributed by atoms with Gasteiger partial charge < -0.3 is 5.32 Å². The largest absolute Gasteiger partial charge is 0.373 e. The summed E-state index contributed by atoms with van der Waals surface area (Å²) in [5.74, 6) is 1.76. The van der Waals surface area contributed by atoms with Gasteiger partial charge in [-0.25, -0.2) is 9.97 Å². The molecule has 0 radical (unpaired) electrons. The van der Waals surface area contributed by atoms with E-state index < -0.39 is 0 Å². The third kappa shape index (κ3) is 2.50. The molecule has 2 aromatic rings. The fourth-order valence-electron chi connectivity index (χ4n) is 2.71. The van der Waals surface area contributed by atoms with Gasteiger partial charge in [0.25, 0.3) is 0 Å². The first-order chi connectivity index (χ1) is 9.78. The van der Waals surface area contributed by atoms with Crippen LogP contribution in [0.1, 0.15) is 36.2 Å². The van der Waals surface area contributed by atoms with Gasteiger partial charge in [0.05, 0.1) is 0 Å². The Morgan fingerprint density at radius 3 is 2.65 bits per heavy atom. The minimum absolute atomic E-state index is 0.780. The Morgan fingerprint density at radius 1 is 1.05 bits per heavy atom. The molecule has 0 spiro atoms. The van der Waals surface area contributed by atoms with Crippen molar-refractivity contribution in [2.45, 2.75) is 39.0 Å². The molecule has 1 aliphatic carbocycles. The predicted octanol–water partition coefficient (Wildman–Crippen LogP) is 3.16. The molecular weight excluding hydrogens is 248 g/mol. The van der Waals surface area contributed by atoms with Crippen molar-refractivity contribution in [2.24, 2.45) is 0 Å². The molecule has 0 aromatic carbocycles. The fraction of sp³-hybridized carbons (Fsp3) is 0.438. The number of hydrogen-bond donors (Lipinski definition) is 1. The lowest BCUT2D eigenvalue weighted by molar-refractivity contribution is 0.709. The summed E-state index contributed by atoms with van der Waals surface area (Å²) in [6.45, 7) is 1.99. The van der Waals surface area contributed by atoms with Crippen molar-refractivity contribution in [3.05, 3.63) is 35.3 Å². The van der Waals surface area contributed by atoms with Crippen LogP contribution in [0.4, 0.5) is 5.82 Å². The van der Waals surface area contributed by atoms with E-state index in [0.717, 1.165) is 35.7 Å². The molecular formula is C16H20N4. The molecule has 0 bridgehead atoms. The Bertz CT molecular complexity index is 605. The van der Waals surface area contributed by atoms with E-state index in [9.17, 15) is 0 Å². The average molecular weight is 268 g/mol. The number of nitrogens with one attached hydrogen (secondary N) is 1. The minimum Gasteiger partial charge on any atom is -0.373 e. The summed E-state index contributed by atoms with van der Waals surface area (Å²) in [5.41, 5.74) is 4.50. The molecule has 1 N–H and O–H groups in total. The lowest BCUT2D eigenvalue weighted by Crippen LogP contribution is -2.07. The van der Waals surface area contributed by atoms with Crippen molar-refractivity contribution >= 4 is 5.82 Å². The number of aryl methyl sites for hydroxylation is 2. The first-order valence-electron chi connectivity index (χ1n) is 7.28. The normalized spacial score (nSPS) is 14.5. The summed E-state index contributed by atoms with van der Waals surface area (Å²) in [7, 11) is 1.94. The maximum Gasteiger partial charge on any atom is 0.163 e. The van der Waals surface area contributed by atoms with Gasteiger partial charge in [0, 0.05) is 35.8 Å². The number of hydrogen-bond acceptors (Lipinski definition) is 4. The van der Waals surface area contributed by atoms with E-state index in [1.807, 2.05) is 32.3 Å². The number of pyridine rings is 1. The van der Waals surface area contributed by atoms with Crippen molar-refractivity contribution < 1.29 is 0 Å². The van der Waals surface area contributed by atoms with E-state index in [1.54, 1.807) is 0 Å². The second-order valence-corrected chi connectivity index (χ2v) is 5.32. The zero-order valence-electron chi connectivity index (χ0n) is 12.1. The number of nitrogens with zero attached hydrogens (tertiary/aromatic N) is 3. The number of rotatable bonds is 2. The van der Waals surface area contributed by atoms with E-state index in [1.165, 1.54) is 30.5 Å². The van der Waals surface area contributed by atoms with Crippen LogP contribution in [0, 0.1) is 6.92 Å². The molecule has 2 aromatic heterocycles. The molecule has 3 rings (SSSR count). The predicted molar refractivity (Wildman–Crippen MR) is 80.8 cm³/mol. The summed E-state index contributed by atoms with van der Waals surface area (Å²) >= 11 is 0. The Balaban J connectivity index is 2.08. The van der Waals surface area contributed by atoms with Crippen LogP contribution in [0.15, 0.2) is 18.3 Å². The quantitative estimate of drug-likeness (QED) is 0.850. The maximum absolute atomic E-state index is 4.79. The third-order valence-electron chi connectivity index (χ3n) is 3.84. The standard InChI is InChI=1S/C16H20N4/c1-11-8-9-12(10-18-11)15-19-14-7-5-3-4-6-13(14)16(17-2)20-15/h8-10H,3-7H2,1-2H3,(H,17,19,20). The first kappa shape index (κ1) is 13.0. The van der Waals surface area contributed by atoms with Gasteiger partial charge >= 0.3 is 0 Å². The van der Waals surface area contributed by atoms with E-state index in [4.69, 9.17) is 4.98 Å². The molecule has 2 heterocycles. The summed E-state index contributed by atoms with van der Waals surface area (Å²) < 4.78 is 0. The second kappa shape index (κ2) is 5.57. The number of fused-ring (bicyclic) bond motifs is 1. The third-order valence-corrected chi connectivity index (χ3v) is 3.84.